The molecule has 0 bridgehead atoms. The lowest BCUT2D eigenvalue weighted by atomic mass is 10.00. The molecule has 0 spiro atoms. The largest absolute Gasteiger partial charge is 0.384 e. The molecule has 2 heterocycles. The normalized spacial score (nSPS) is 26.6. The second-order valence-corrected chi connectivity index (χ2v) is 5.56. The van der Waals surface area contributed by atoms with Crippen LogP contribution in [0.5, 0.6) is 0 Å². The van der Waals surface area contributed by atoms with Gasteiger partial charge >= 0.3 is 0 Å². The van der Waals surface area contributed by atoms with Crippen molar-refractivity contribution in [2.45, 2.75) is 44.6 Å². The van der Waals surface area contributed by atoms with Crippen molar-refractivity contribution in [1.82, 2.24) is 9.97 Å². The van der Waals surface area contributed by atoms with E-state index in [4.69, 9.17) is 10.5 Å². The molecule has 5 heteroatoms. The molecule has 104 valence electrons. The number of nitrogens with one attached hydrogen (secondary N) is 1. The molecule has 1 aliphatic heterocycles. The molecule has 0 aromatic carbocycles. The third kappa shape index (κ3) is 2.97. The van der Waals surface area contributed by atoms with Crippen molar-refractivity contribution in [1.29, 1.82) is 0 Å². The number of hydrogen-bond acceptors (Lipinski definition) is 5. The number of hydrogen-bond donors (Lipinski definition) is 2. The number of rotatable bonds is 5. The van der Waals surface area contributed by atoms with Gasteiger partial charge in [0.25, 0.3) is 0 Å². The van der Waals surface area contributed by atoms with Crippen molar-refractivity contribution in [3.63, 3.8) is 0 Å². The van der Waals surface area contributed by atoms with E-state index in [0.717, 1.165) is 37.6 Å². The first-order valence-corrected chi connectivity index (χ1v) is 7.26. The Labute approximate surface area is 114 Å². The molecule has 1 saturated carbocycles. The molecule has 1 aromatic heterocycles. The lowest BCUT2D eigenvalue weighted by Crippen LogP contribution is -2.23. The Bertz CT molecular complexity index is 447. The lowest BCUT2D eigenvalue weighted by Gasteiger charge is -2.17. The number of ether oxygens (including phenoxy) is 1. The molecule has 3 rings (SSSR count). The van der Waals surface area contributed by atoms with Gasteiger partial charge in [-0.05, 0) is 25.7 Å². The third-order valence-electron chi connectivity index (χ3n) is 4.00. The highest BCUT2D eigenvalue weighted by Gasteiger charge is 2.28. The van der Waals surface area contributed by atoms with E-state index in [1.165, 1.54) is 12.8 Å². The first-order valence-electron chi connectivity index (χ1n) is 7.26. The Balaban J connectivity index is 1.63. The SMILES string of the molecule is CCC1OCCC1CNc1cc(N)nc(C2CC2)n1. The molecule has 0 amide bonds. The number of nitrogen functional groups attached to an aromatic ring is 1. The molecular formula is C14H22N4O. The number of nitrogens with zero attached hydrogens (tertiary/aromatic N) is 2. The maximum absolute atomic E-state index is 5.85. The minimum absolute atomic E-state index is 0.384. The van der Waals surface area contributed by atoms with Gasteiger partial charge in [-0.3, -0.25) is 0 Å². The van der Waals surface area contributed by atoms with E-state index in [1.807, 2.05) is 6.07 Å². The summed E-state index contributed by atoms with van der Waals surface area (Å²) < 4.78 is 5.70. The summed E-state index contributed by atoms with van der Waals surface area (Å²) in [4.78, 5) is 8.87. The van der Waals surface area contributed by atoms with E-state index in [-0.39, 0.29) is 0 Å². The van der Waals surface area contributed by atoms with E-state index in [9.17, 15) is 0 Å². The van der Waals surface area contributed by atoms with Crippen molar-refractivity contribution in [3.8, 4) is 0 Å². The fraction of sp³-hybridized carbons (Fsp3) is 0.714. The van der Waals surface area contributed by atoms with Gasteiger partial charge in [0.05, 0.1) is 6.10 Å². The summed E-state index contributed by atoms with van der Waals surface area (Å²) >= 11 is 0. The first kappa shape index (κ1) is 12.7. The van der Waals surface area contributed by atoms with Crippen molar-refractivity contribution in [3.05, 3.63) is 11.9 Å². The highest BCUT2D eigenvalue weighted by Crippen LogP contribution is 2.38. The quantitative estimate of drug-likeness (QED) is 0.850. The van der Waals surface area contributed by atoms with Gasteiger partial charge in [0.15, 0.2) is 0 Å². The summed E-state index contributed by atoms with van der Waals surface area (Å²) in [7, 11) is 0. The Morgan fingerprint density at radius 1 is 1.37 bits per heavy atom. The lowest BCUT2D eigenvalue weighted by molar-refractivity contribution is 0.0900. The van der Waals surface area contributed by atoms with Crippen molar-refractivity contribution in [2.24, 2.45) is 5.92 Å². The van der Waals surface area contributed by atoms with Crippen LogP contribution in [0.25, 0.3) is 0 Å². The molecule has 2 unspecified atom stereocenters. The van der Waals surface area contributed by atoms with Crippen LogP contribution >= 0.6 is 0 Å². The van der Waals surface area contributed by atoms with Gasteiger partial charge in [-0.25, -0.2) is 9.97 Å². The minimum Gasteiger partial charge on any atom is -0.384 e. The van der Waals surface area contributed by atoms with Crippen LogP contribution in [-0.4, -0.2) is 29.2 Å². The van der Waals surface area contributed by atoms with Gasteiger partial charge in [-0.15, -0.1) is 0 Å². The predicted octanol–water partition coefficient (Wildman–Crippen LogP) is 2.16. The molecule has 5 nitrogen and oxygen atoms in total. The van der Waals surface area contributed by atoms with Crippen molar-refractivity contribution >= 4 is 11.6 Å². The molecule has 1 aliphatic carbocycles. The zero-order chi connectivity index (χ0) is 13.2. The molecule has 1 aromatic rings. The van der Waals surface area contributed by atoms with Crippen LogP contribution in [0.4, 0.5) is 11.6 Å². The molecule has 2 fully saturated rings. The van der Waals surface area contributed by atoms with Crippen LogP contribution in [0, 0.1) is 5.92 Å². The molecular weight excluding hydrogens is 240 g/mol. The zero-order valence-corrected chi connectivity index (χ0v) is 11.4. The van der Waals surface area contributed by atoms with Crippen molar-refractivity contribution in [2.75, 3.05) is 24.2 Å². The van der Waals surface area contributed by atoms with Crippen LogP contribution in [0.15, 0.2) is 6.07 Å². The first-order chi connectivity index (χ1) is 9.26. The number of anilines is 2. The van der Waals surface area contributed by atoms with Gasteiger partial charge in [-0.1, -0.05) is 6.92 Å². The number of aromatic nitrogens is 2. The molecule has 2 aliphatic rings. The highest BCUT2D eigenvalue weighted by atomic mass is 16.5. The third-order valence-corrected chi connectivity index (χ3v) is 4.00. The van der Waals surface area contributed by atoms with Crippen LogP contribution < -0.4 is 11.1 Å². The Kier molecular flexibility index (Phi) is 3.55. The molecule has 3 N–H and O–H groups in total. The summed E-state index contributed by atoms with van der Waals surface area (Å²) in [6.07, 6.45) is 4.97. The average Bonchev–Trinajstić information content (AvgIpc) is 3.15. The second kappa shape index (κ2) is 5.33. The smallest absolute Gasteiger partial charge is 0.136 e. The van der Waals surface area contributed by atoms with Crippen LogP contribution in [-0.2, 0) is 4.74 Å². The minimum atomic E-state index is 0.384. The van der Waals surface area contributed by atoms with E-state index in [0.29, 0.717) is 23.8 Å². The zero-order valence-electron chi connectivity index (χ0n) is 11.4. The standard InChI is InChI=1S/C14H22N4O/c1-2-11-10(5-6-19-11)8-16-13-7-12(15)17-14(18-13)9-3-4-9/h7,9-11H,2-6,8H2,1H3,(H3,15,16,17,18). The Morgan fingerprint density at radius 2 is 2.21 bits per heavy atom. The topological polar surface area (TPSA) is 73.1 Å². The predicted molar refractivity (Wildman–Crippen MR) is 75.0 cm³/mol. The Hall–Kier alpha value is -1.36. The summed E-state index contributed by atoms with van der Waals surface area (Å²) in [5.74, 6) is 3.43. The maximum Gasteiger partial charge on any atom is 0.136 e. The van der Waals surface area contributed by atoms with Gasteiger partial charge in [0.2, 0.25) is 0 Å². The van der Waals surface area contributed by atoms with Gasteiger partial charge < -0.3 is 15.8 Å². The van der Waals surface area contributed by atoms with E-state index in [1.54, 1.807) is 0 Å². The van der Waals surface area contributed by atoms with Crippen LogP contribution in [0.2, 0.25) is 0 Å². The summed E-state index contributed by atoms with van der Waals surface area (Å²) in [5, 5.41) is 3.40. The van der Waals surface area contributed by atoms with Crippen molar-refractivity contribution < 1.29 is 4.74 Å². The summed E-state index contributed by atoms with van der Waals surface area (Å²) in [6.45, 7) is 3.96. The van der Waals surface area contributed by atoms with Gasteiger partial charge in [-0.2, -0.15) is 0 Å². The van der Waals surface area contributed by atoms with Gasteiger partial charge in [0.1, 0.15) is 17.5 Å². The van der Waals surface area contributed by atoms with Crippen LogP contribution in [0.3, 0.4) is 0 Å². The van der Waals surface area contributed by atoms with E-state index in [2.05, 4.69) is 22.2 Å². The molecule has 1 saturated heterocycles. The van der Waals surface area contributed by atoms with E-state index >= 15 is 0 Å². The number of nitrogens with two attached hydrogens (primary N) is 1. The monoisotopic (exact) mass is 262 g/mol. The fourth-order valence-corrected chi connectivity index (χ4v) is 2.71. The van der Waals surface area contributed by atoms with Gasteiger partial charge in [0, 0.05) is 31.1 Å². The average molecular weight is 262 g/mol. The molecule has 2 atom stereocenters. The summed E-state index contributed by atoms with van der Waals surface area (Å²) in [6, 6.07) is 1.82. The fourth-order valence-electron chi connectivity index (χ4n) is 2.71. The molecule has 0 radical (unpaired) electrons. The highest BCUT2D eigenvalue weighted by molar-refractivity contribution is 5.45. The molecule has 19 heavy (non-hydrogen) atoms. The maximum atomic E-state index is 5.85. The van der Waals surface area contributed by atoms with Crippen LogP contribution in [0.1, 0.15) is 44.3 Å². The Morgan fingerprint density at radius 3 is 2.95 bits per heavy atom. The van der Waals surface area contributed by atoms with E-state index < -0.39 is 0 Å². The summed E-state index contributed by atoms with van der Waals surface area (Å²) in [5.41, 5.74) is 5.85. The second-order valence-electron chi connectivity index (χ2n) is 5.56.